The number of ether oxygens (including phenoxy) is 1. The van der Waals surface area contributed by atoms with Crippen LogP contribution in [-0.2, 0) is 9.53 Å². The Morgan fingerprint density at radius 2 is 2.15 bits per heavy atom. The van der Waals surface area contributed by atoms with Gasteiger partial charge in [-0.25, -0.2) is 0 Å². The second-order valence-electron chi connectivity index (χ2n) is 3.44. The van der Waals surface area contributed by atoms with E-state index >= 15 is 0 Å². The molecule has 0 fully saturated rings. The van der Waals surface area contributed by atoms with Gasteiger partial charge < -0.3 is 15.2 Å². The summed E-state index contributed by atoms with van der Waals surface area (Å²) in [4.78, 5) is 10.5. The maximum absolute atomic E-state index is 10.5. The van der Waals surface area contributed by atoms with Gasteiger partial charge in [0, 0.05) is 6.61 Å². The molecular weight excluding hydrogens is 170 g/mol. The Morgan fingerprint density at radius 1 is 1.54 bits per heavy atom. The highest BCUT2D eigenvalue weighted by atomic mass is 16.5. The molecule has 0 saturated carbocycles. The molecule has 0 aromatic rings. The number of carboxylic acids is 1. The zero-order valence-electron chi connectivity index (χ0n) is 8.54. The van der Waals surface area contributed by atoms with Crippen molar-refractivity contribution in [1.82, 2.24) is 5.32 Å². The molecule has 2 N–H and O–H groups in total. The molecule has 0 aromatic heterocycles. The fraction of sp³-hybridized carbons (Fsp3) is 0.889. The van der Waals surface area contributed by atoms with Crippen LogP contribution in [0.1, 0.15) is 20.3 Å². The Kier molecular flexibility index (Phi) is 6.54. The molecule has 0 spiro atoms. The van der Waals surface area contributed by atoms with Gasteiger partial charge in [-0.1, -0.05) is 13.8 Å². The highest BCUT2D eigenvalue weighted by Crippen LogP contribution is 1.99. The van der Waals surface area contributed by atoms with Crippen molar-refractivity contribution in [3.05, 3.63) is 0 Å². The van der Waals surface area contributed by atoms with Crippen LogP contribution >= 0.6 is 0 Å². The quantitative estimate of drug-likeness (QED) is 0.579. The molecule has 1 atom stereocenters. The normalized spacial score (nSPS) is 13.2. The van der Waals surface area contributed by atoms with E-state index in [1.807, 2.05) is 0 Å². The lowest BCUT2D eigenvalue weighted by molar-refractivity contribution is -0.141. The lowest BCUT2D eigenvalue weighted by Gasteiger charge is -2.12. The van der Waals surface area contributed by atoms with Crippen LogP contribution in [0.5, 0.6) is 0 Å². The van der Waals surface area contributed by atoms with Gasteiger partial charge in [-0.3, -0.25) is 4.79 Å². The third kappa shape index (κ3) is 6.54. The van der Waals surface area contributed by atoms with Crippen LogP contribution in [0.4, 0.5) is 0 Å². The molecule has 0 radical (unpaired) electrons. The predicted molar refractivity (Wildman–Crippen MR) is 50.8 cm³/mol. The monoisotopic (exact) mass is 189 g/mol. The maximum Gasteiger partial charge on any atom is 0.323 e. The van der Waals surface area contributed by atoms with Crippen LogP contribution in [0.25, 0.3) is 0 Å². The largest absolute Gasteiger partial charge is 0.480 e. The lowest BCUT2D eigenvalue weighted by atomic mass is 10.1. The van der Waals surface area contributed by atoms with E-state index in [-0.39, 0.29) is 6.61 Å². The van der Waals surface area contributed by atoms with Crippen molar-refractivity contribution < 1.29 is 14.6 Å². The van der Waals surface area contributed by atoms with E-state index in [1.54, 1.807) is 7.05 Å². The molecule has 0 aliphatic heterocycles. The second kappa shape index (κ2) is 6.86. The Morgan fingerprint density at radius 3 is 2.54 bits per heavy atom. The van der Waals surface area contributed by atoms with E-state index in [0.29, 0.717) is 12.5 Å². The minimum atomic E-state index is -0.868. The lowest BCUT2D eigenvalue weighted by Crippen LogP contribution is -2.38. The van der Waals surface area contributed by atoms with Gasteiger partial charge in [-0.05, 0) is 19.4 Å². The molecule has 0 saturated heterocycles. The van der Waals surface area contributed by atoms with Crippen molar-refractivity contribution in [2.24, 2.45) is 5.92 Å². The summed E-state index contributed by atoms with van der Waals surface area (Å²) in [5, 5.41) is 11.3. The van der Waals surface area contributed by atoms with Gasteiger partial charge in [0.2, 0.25) is 0 Å². The summed E-state index contributed by atoms with van der Waals surface area (Å²) in [6.07, 6.45) is 0.968. The molecule has 13 heavy (non-hydrogen) atoms. The van der Waals surface area contributed by atoms with Crippen molar-refractivity contribution in [2.45, 2.75) is 26.3 Å². The van der Waals surface area contributed by atoms with Gasteiger partial charge in [0.25, 0.3) is 0 Å². The number of hydrogen-bond acceptors (Lipinski definition) is 3. The van der Waals surface area contributed by atoms with Gasteiger partial charge in [0.15, 0.2) is 0 Å². The predicted octanol–water partition coefficient (Wildman–Crippen LogP) is 0.722. The fourth-order valence-corrected chi connectivity index (χ4v) is 0.798. The van der Waals surface area contributed by atoms with E-state index in [9.17, 15) is 4.79 Å². The smallest absolute Gasteiger partial charge is 0.323 e. The zero-order valence-corrected chi connectivity index (χ0v) is 8.54. The molecular formula is C9H19NO3. The molecule has 0 unspecified atom stereocenters. The molecule has 0 heterocycles. The van der Waals surface area contributed by atoms with Crippen molar-refractivity contribution in [3.63, 3.8) is 0 Å². The van der Waals surface area contributed by atoms with E-state index in [2.05, 4.69) is 19.2 Å². The van der Waals surface area contributed by atoms with E-state index in [4.69, 9.17) is 9.84 Å². The molecule has 0 rings (SSSR count). The van der Waals surface area contributed by atoms with Gasteiger partial charge in [-0.15, -0.1) is 0 Å². The van der Waals surface area contributed by atoms with Gasteiger partial charge >= 0.3 is 5.97 Å². The Bertz CT molecular complexity index is 148. The molecule has 4 heteroatoms. The van der Waals surface area contributed by atoms with E-state index < -0.39 is 12.0 Å². The number of carboxylic acid groups (broad SMARTS) is 1. The van der Waals surface area contributed by atoms with Crippen LogP contribution in [0, 0.1) is 5.92 Å². The first-order chi connectivity index (χ1) is 6.07. The molecule has 0 amide bonds. The summed E-state index contributed by atoms with van der Waals surface area (Å²) in [6.45, 7) is 5.08. The molecule has 0 aliphatic rings. The second-order valence-corrected chi connectivity index (χ2v) is 3.44. The fourth-order valence-electron chi connectivity index (χ4n) is 0.798. The summed E-state index contributed by atoms with van der Waals surface area (Å²) in [5.74, 6) is -0.273. The van der Waals surface area contributed by atoms with Crippen LogP contribution in [-0.4, -0.2) is 37.4 Å². The first-order valence-corrected chi connectivity index (χ1v) is 4.55. The third-order valence-electron chi connectivity index (χ3n) is 1.77. The first kappa shape index (κ1) is 12.4. The Balaban J connectivity index is 3.44. The number of aliphatic carboxylic acids is 1. The Labute approximate surface area is 79.3 Å². The van der Waals surface area contributed by atoms with Crippen LogP contribution in [0.3, 0.4) is 0 Å². The average Bonchev–Trinajstić information content (AvgIpc) is 2.03. The molecule has 0 aliphatic carbocycles. The maximum atomic E-state index is 10.5. The van der Waals surface area contributed by atoms with Gasteiger partial charge in [0.05, 0.1) is 6.61 Å². The molecule has 4 nitrogen and oxygen atoms in total. The van der Waals surface area contributed by atoms with Crippen LogP contribution in [0.2, 0.25) is 0 Å². The number of nitrogens with one attached hydrogen (secondary N) is 1. The molecule has 78 valence electrons. The van der Waals surface area contributed by atoms with Crippen molar-refractivity contribution in [3.8, 4) is 0 Å². The molecule has 0 aromatic carbocycles. The molecule has 0 bridgehead atoms. The standard InChI is InChI=1S/C9H19NO3/c1-7(2)4-5-13-6-8(10-3)9(11)12/h7-8,10H,4-6H2,1-3H3,(H,11,12)/t8-/m0/s1. The minimum Gasteiger partial charge on any atom is -0.480 e. The summed E-state index contributed by atoms with van der Waals surface area (Å²) < 4.78 is 5.22. The average molecular weight is 189 g/mol. The van der Waals surface area contributed by atoms with Gasteiger partial charge in [0.1, 0.15) is 6.04 Å². The number of carbonyl (C=O) groups is 1. The number of likely N-dealkylation sites (N-methyl/N-ethyl adjacent to an activating group) is 1. The highest BCUT2D eigenvalue weighted by Gasteiger charge is 2.14. The van der Waals surface area contributed by atoms with Gasteiger partial charge in [-0.2, -0.15) is 0 Å². The number of rotatable bonds is 7. The highest BCUT2D eigenvalue weighted by molar-refractivity contribution is 5.73. The third-order valence-corrected chi connectivity index (χ3v) is 1.77. The SMILES string of the molecule is CN[C@@H](COCCC(C)C)C(=O)O. The van der Waals surface area contributed by atoms with Crippen molar-refractivity contribution in [2.75, 3.05) is 20.3 Å². The summed E-state index contributed by atoms with van der Waals surface area (Å²) in [6, 6.07) is -0.591. The first-order valence-electron chi connectivity index (χ1n) is 4.55. The van der Waals surface area contributed by atoms with Crippen molar-refractivity contribution in [1.29, 1.82) is 0 Å². The van der Waals surface area contributed by atoms with Crippen molar-refractivity contribution >= 4 is 5.97 Å². The van der Waals surface area contributed by atoms with Crippen LogP contribution < -0.4 is 5.32 Å². The van der Waals surface area contributed by atoms with E-state index in [0.717, 1.165) is 6.42 Å². The summed E-state index contributed by atoms with van der Waals surface area (Å²) >= 11 is 0. The zero-order chi connectivity index (χ0) is 10.3. The minimum absolute atomic E-state index is 0.235. The summed E-state index contributed by atoms with van der Waals surface area (Å²) in [7, 11) is 1.62. The van der Waals surface area contributed by atoms with E-state index in [1.165, 1.54) is 0 Å². The van der Waals surface area contributed by atoms with Crippen LogP contribution in [0.15, 0.2) is 0 Å². The topological polar surface area (TPSA) is 58.6 Å². The number of hydrogen-bond donors (Lipinski definition) is 2. The summed E-state index contributed by atoms with van der Waals surface area (Å²) in [5.41, 5.74) is 0. The Hall–Kier alpha value is -0.610.